The molecule has 27 heavy (non-hydrogen) atoms. The van der Waals surface area contributed by atoms with Crippen molar-refractivity contribution in [1.82, 2.24) is 15.3 Å². The van der Waals surface area contributed by atoms with E-state index in [0.29, 0.717) is 5.69 Å². The molecular weight excluding hydrogens is 342 g/mol. The zero-order valence-electron chi connectivity index (χ0n) is 14.5. The van der Waals surface area contributed by atoms with Gasteiger partial charge in [0.2, 0.25) is 0 Å². The van der Waals surface area contributed by atoms with Crippen molar-refractivity contribution in [2.45, 2.75) is 13.0 Å². The minimum Gasteiger partial charge on any atom is -0.548 e. The maximum absolute atomic E-state index is 12.6. The van der Waals surface area contributed by atoms with Crippen LogP contribution in [0, 0.1) is 0 Å². The molecule has 0 radical (unpaired) electrons. The van der Waals surface area contributed by atoms with E-state index in [1.165, 1.54) is 6.92 Å². The standard InChI is InChI=1S/C21H17N3O3/c1-12(21(26)27)22-20(25)17-11-15-14-9-5-6-10-16(14)23-19(15)18(24-17)13-7-3-2-4-8-13/h2-12,23H,1H3,(H,22,25)(H,26,27)/p-1/t12-/m1/s1. The number of carbonyl (C=O) groups excluding carboxylic acids is 2. The van der Waals surface area contributed by atoms with Crippen LogP contribution in [0.5, 0.6) is 0 Å². The smallest absolute Gasteiger partial charge is 0.270 e. The van der Waals surface area contributed by atoms with Crippen LogP contribution in [0.3, 0.4) is 0 Å². The van der Waals surface area contributed by atoms with E-state index in [0.717, 1.165) is 27.4 Å². The second-order valence-electron chi connectivity index (χ2n) is 6.33. The number of aromatic amines is 1. The molecule has 4 rings (SSSR count). The lowest BCUT2D eigenvalue weighted by Gasteiger charge is -2.15. The van der Waals surface area contributed by atoms with Gasteiger partial charge in [0.05, 0.1) is 23.2 Å². The van der Waals surface area contributed by atoms with Gasteiger partial charge in [0.1, 0.15) is 5.69 Å². The maximum Gasteiger partial charge on any atom is 0.270 e. The molecule has 0 aliphatic rings. The molecule has 0 aliphatic carbocycles. The molecule has 0 spiro atoms. The van der Waals surface area contributed by atoms with E-state index in [1.807, 2.05) is 54.6 Å². The van der Waals surface area contributed by atoms with E-state index in [4.69, 9.17) is 0 Å². The molecule has 1 amide bonds. The largest absolute Gasteiger partial charge is 0.548 e. The van der Waals surface area contributed by atoms with Gasteiger partial charge in [0, 0.05) is 21.9 Å². The van der Waals surface area contributed by atoms with E-state index < -0.39 is 17.9 Å². The van der Waals surface area contributed by atoms with Crippen molar-refractivity contribution in [3.63, 3.8) is 0 Å². The van der Waals surface area contributed by atoms with Crippen LogP contribution in [0.4, 0.5) is 0 Å². The number of aliphatic carboxylic acids is 1. The van der Waals surface area contributed by atoms with Crippen LogP contribution >= 0.6 is 0 Å². The number of nitrogens with one attached hydrogen (secondary N) is 2. The van der Waals surface area contributed by atoms with Crippen molar-refractivity contribution < 1.29 is 14.7 Å². The fourth-order valence-corrected chi connectivity index (χ4v) is 3.10. The minimum absolute atomic E-state index is 0.152. The zero-order chi connectivity index (χ0) is 19.0. The molecule has 2 aromatic heterocycles. The first kappa shape index (κ1) is 16.8. The Balaban J connectivity index is 1.94. The normalized spacial score (nSPS) is 12.2. The molecule has 0 unspecified atom stereocenters. The molecule has 2 aromatic carbocycles. The molecule has 0 saturated heterocycles. The number of hydrogen-bond donors (Lipinski definition) is 2. The van der Waals surface area contributed by atoms with Crippen molar-refractivity contribution in [3.8, 4) is 11.3 Å². The highest BCUT2D eigenvalue weighted by atomic mass is 16.4. The van der Waals surface area contributed by atoms with Crippen LogP contribution in [-0.2, 0) is 4.79 Å². The first-order chi connectivity index (χ1) is 13.0. The number of pyridine rings is 1. The summed E-state index contributed by atoms with van der Waals surface area (Å²) in [6, 6.07) is 17.9. The fraction of sp³-hybridized carbons (Fsp3) is 0.0952. The van der Waals surface area contributed by atoms with Gasteiger partial charge in [-0.1, -0.05) is 48.5 Å². The van der Waals surface area contributed by atoms with Crippen LogP contribution in [0.1, 0.15) is 17.4 Å². The Morgan fingerprint density at radius 3 is 2.48 bits per heavy atom. The third-order valence-electron chi connectivity index (χ3n) is 4.48. The highest BCUT2D eigenvalue weighted by molar-refractivity contribution is 6.13. The number of rotatable bonds is 4. The summed E-state index contributed by atoms with van der Waals surface area (Å²) >= 11 is 0. The molecule has 6 nitrogen and oxygen atoms in total. The van der Waals surface area contributed by atoms with Crippen molar-refractivity contribution in [3.05, 3.63) is 66.4 Å². The van der Waals surface area contributed by atoms with E-state index in [-0.39, 0.29) is 5.69 Å². The summed E-state index contributed by atoms with van der Waals surface area (Å²) in [5.41, 5.74) is 3.41. The summed E-state index contributed by atoms with van der Waals surface area (Å²) in [5, 5.41) is 15.2. The second kappa shape index (κ2) is 6.57. The first-order valence-corrected chi connectivity index (χ1v) is 8.53. The summed E-state index contributed by atoms with van der Waals surface area (Å²) in [7, 11) is 0. The monoisotopic (exact) mass is 358 g/mol. The van der Waals surface area contributed by atoms with Gasteiger partial charge < -0.3 is 20.2 Å². The Bertz CT molecular complexity index is 1170. The first-order valence-electron chi connectivity index (χ1n) is 8.53. The van der Waals surface area contributed by atoms with Gasteiger partial charge in [-0.25, -0.2) is 4.98 Å². The van der Waals surface area contributed by atoms with Gasteiger partial charge >= 0.3 is 0 Å². The van der Waals surface area contributed by atoms with Gasteiger partial charge in [-0.15, -0.1) is 0 Å². The Morgan fingerprint density at radius 1 is 1.04 bits per heavy atom. The average molecular weight is 358 g/mol. The summed E-state index contributed by atoms with van der Waals surface area (Å²) in [5.74, 6) is -1.91. The molecule has 0 aliphatic heterocycles. The van der Waals surface area contributed by atoms with Crippen molar-refractivity contribution in [1.29, 1.82) is 0 Å². The van der Waals surface area contributed by atoms with Crippen LogP contribution in [-0.4, -0.2) is 27.9 Å². The Labute approximate surface area is 154 Å². The number of nitrogens with zero attached hydrogens (tertiary/aromatic N) is 1. The van der Waals surface area contributed by atoms with E-state index in [9.17, 15) is 14.7 Å². The molecule has 1 atom stereocenters. The SMILES string of the molecule is C[C@@H](NC(=O)c1cc2c([nH]c3ccccc32)c(-c2ccccc2)n1)C(=O)[O-]. The van der Waals surface area contributed by atoms with Gasteiger partial charge in [-0.05, 0) is 19.1 Å². The summed E-state index contributed by atoms with van der Waals surface area (Å²) in [6.07, 6.45) is 0. The Hall–Kier alpha value is -3.67. The van der Waals surface area contributed by atoms with Crippen molar-refractivity contribution in [2.24, 2.45) is 0 Å². The number of benzene rings is 2. The molecule has 0 fully saturated rings. The van der Waals surface area contributed by atoms with Crippen LogP contribution in [0.25, 0.3) is 33.1 Å². The second-order valence-corrected chi connectivity index (χ2v) is 6.33. The maximum atomic E-state index is 12.6. The lowest BCUT2D eigenvalue weighted by molar-refractivity contribution is -0.307. The number of carboxylic acids is 1. The number of amides is 1. The third kappa shape index (κ3) is 3.01. The number of hydrogen-bond acceptors (Lipinski definition) is 4. The van der Waals surface area contributed by atoms with Gasteiger partial charge in [-0.3, -0.25) is 4.79 Å². The lowest BCUT2D eigenvalue weighted by Crippen LogP contribution is -2.46. The molecule has 0 saturated carbocycles. The Morgan fingerprint density at radius 2 is 1.74 bits per heavy atom. The molecule has 4 aromatic rings. The van der Waals surface area contributed by atoms with Gasteiger partial charge in [0.15, 0.2) is 0 Å². The third-order valence-corrected chi connectivity index (χ3v) is 4.48. The molecule has 6 heteroatoms. The van der Waals surface area contributed by atoms with E-state index in [1.54, 1.807) is 6.07 Å². The van der Waals surface area contributed by atoms with E-state index in [2.05, 4.69) is 15.3 Å². The summed E-state index contributed by atoms with van der Waals surface area (Å²) < 4.78 is 0. The average Bonchev–Trinajstić information content (AvgIpc) is 3.06. The number of aromatic nitrogens is 2. The molecule has 2 N–H and O–H groups in total. The van der Waals surface area contributed by atoms with Gasteiger partial charge in [-0.2, -0.15) is 0 Å². The molecule has 2 heterocycles. The molecule has 134 valence electrons. The highest BCUT2D eigenvalue weighted by Crippen LogP contribution is 2.32. The molecular formula is C21H16N3O3-. The number of carboxylic acid groups (broad SMARTS) is 1. The zero-order valence-corrected chi connectivity index (χ0v) is 14.5. The quantitative estimate of drug-likeness (QED) is 0.585. The number of carbonyl (C=O) groups is 2. The minimum atomic E-state index is -1.35. The number of H-pyrrole nitrogens is 1. The number of para-hydroxylation sites is 1. The van der Waals surface area contributed by atoms with Crippen molar-refractivity contribution in [2.75, 3.05) is 0 Å². The van der Waals surface area contributed by atoms with E-state index >= 15 is 0 Å². The van der Waals surface area contributed by atoms with Crippen molar-refractivity contribution >= 4 is 33.7 Å². The predicted molar refractivity (Wildman–Crippen MR) is 101 cm³/mol. The van der Waals surface area contributed by atoms with Crippen LogP contribution in [0.15, 0.2) is 60.7 Å². The van der Waals surface area contributed by atoms with Gasteiger partial charge in [0.25, 0.3) is 5.91 Å². The number of fused-ring (bicyclic) bond motifs is 3. The predicted octanol–water partition coefficient (Wildman–Crippen LogP) is 2.25. The Kier molecular flexibility index (Phi) is 4.08. The highest BCUT2D eigenvalue weighted by Gasteiger charge is 2.18. The fourth-order valence-electron chi connectivity index (χ4n) is 3.10. The van der Waals surface area contributed by atoms with Crippen LogP contribution in [0.2, 0.25) is 0 Å². The summed E-state index contributed by atoms with van der Waals surface area (Å²) in [4.78, 5) is 31.4. The lowest BCUT2D eigenvalue weighted by atomic mass is 10.1. The topological polar surface area (TPSA) is 97.9 Å². The molecule has 0 bridgehead atoms. The summed E-state index contributed by atoms with van der Waals surface area (Å²) in [6.45, 7) is 1.36. The van der Waals surface area contributed by atoms with Crippen LogP contribution < -0.4 is 10.4 Å².